The van der Waals surface area contributed by atoms with Crippen LogP contribution < -0.4 is 5.73 Å². The van der Waals surface area contributed by atoms with E-state index in [-0.39, 0.29) is 5.82 Å². The van der Waals surface area contributed by atoms with Crippen LogP contribution in [0.3, 0.4) is 0 Å². The lowest BCUT2D eigenvalue weighted by Crippen LogP contribution is -2.01. The molecule has 0 unspecified atom stereocenters. The van der Waals surface area contributed by atoms with E-state index in [2.05, 4.69) is 16.9 Å². The maximum Gasteiger partial charge on any atom is 0.132 e. The van der Waals surface area contributed by atoms with Gasteiger partial charge in [0.1, 0.15) is 11.6 Å². The Kier molecular flexibility index (Phi) is 4.77. The van der Waals surface area contributed by atoms with E-state index < -0.39 is 0 Å². The number of aryl methyl sites for hydroxylation is 3. The number of rotatable bonds is 5. The summed E-state index contributed by atoms with van der Waals surface area (Å²) >= 11 is 0. The second kappa shape index (κ2) is 6.84. The molecule has 0 amide bonds. The lowest BCUT2D eigenvalue weighted by molar-refractivity contribution is 0.201. The minimum Gasteiger partial charge on any atom is -0.384 e. The largest absolute Gasteiger partial charge is 0.384 e. The molecule has 3 aromatic rings. The molecule has 2 aromatic heterocycles. The van der Waals surface area contributed by atoms with Crippen molar-refractivity contribution in [3.05, 3.63) is 46.5 Å². The molecule has 0 saturated carbocycles. The first-order valence-electron chi connectivity index (χ1n) is 8.52. The Bertz CT molecular complexity index is 931. The normalized spacial score (nSPS) is 11.4. The number of nitrogens with one attached hydrogen (secondary N) is 1. The Morgan fingerprint density at radius 2 is 2.04 bits per heavy atom. The first kappa shape index (κ1) is 17.4. The number of methoxy groups -OCH3 is 1. The number of benzene rings is 1. The zero-order valence-corrected chi connectivity index (χ0v) is 15.2. The van der Waals surface area contributed by atoms with Crippen LogP contribution in [0.4, 0.5) is 10.2 Å². The number of ether oxygens (including phenoxy) is 1. The average molecular weight is 341 g/mol. The van der Waals surface area contributed by atoms with Gasteiger partial charge in [0.05, 0.1) is 17.8 Å². The molecule has 0 aliphatic carbocycles. The molecular weight excluding hydrogens is 317 g/mol. The number of aromatic nitrogens is 2. The van der Waals surface area contributed by atoms with Crippen LogP contribution in [0.1, 0.15) is 29.4 Å². The maximum absolute atomic E-state index is 14.5. The Morgan fingerprint density at radius 1 is 1.28 bits per heavy atom. The second-order valence-corrected chi connectivity index (χ2v) is 6.36. The number of nitrogen functional groups attached to an aromatic ring is 1. The van der Waals surface area contributed by atoms with Crippen molar-refractivity contribution < 1.29 is 9.13 Å². The van der Waals surface area contributed by atoms with Crippen molar-refractivity contribution in [2.45, 2.75) is 33.6 Å². The van der Waals surface area contributed by atoms with Crippen LogP contribution in [0, 0.1) is 19.7 Å². The van der Waals surface area contributed by atoms with Gasteiger partial charge in [0.2, 0.25) is 0 Å². The zero-order chi connectivity index (χ0) is 18.1. The van der Waals surface area contributed by atoms with E-state index in [4.69, 9.17) is 10.5 Å². The molecule has 4 nitrogen and oxygen atoms in total. The maximum atomic E-state index is 14.5. The van der Waals surface area contributed by atoms with Gasteiger partial charge in [0.25, 0.3) is 0 Å². The third-order valence-electron chi connectivity index (χ3n) is 4.73. The molecule has 1 aromatic carbocycles. The highest BCUT2D eigenvalue weighted by atomic mass is 19.1. The first-order chi connectivity index (χ1) is 12.0. The topological polar surface area (TPSA) is 63.9 Å². The zero-order valence-electron chi connectivity index (χ0n) is 15.2. The second-order valence-electron chi connectivity index (χ2n) is 6.36. The van der Waals surface area contributed by atoms with Gasteiger partial charge in [0, 0.05) is 35.7 Å². The smallest absolute Gasteiger partial charge is 0.132 e. The minimum absolute atomic E-state index is 0.213. The Morgan fingerprint density at radius 3 is 2.72 bits per heavy atom. The van der Waals surface area contributed by atoms with E-state index in [0.29, 0.717) is 17.8 Å². The predicted octanol–water partition coefficient (Wildman–Crippen LogP) is 4.32. The van der Waals surface area contributed by atoms with Gasteiger partial charge in [-0.2, -0.15) is 0 Å². The van der Waals surface area contributed by atoms with Crippen LogP contribution in [0.25, 0.3) is 22.0 Å². The standard InChI is InChI=1S/C20H24FN3O/c1-5-15-18(11(2)10-17(22)23-15)13-6-7-14(21)19-12(3)16(8-9-25-4)24-20(13)19/h6-7,10,24H,5,8-9H2,1-4H3,(H2,22,23). The lowest BCUT2D eigenvalue weighted by atomic mass is 9.95. The van der Waals surface area contributed by atoms with E-state index in [0.717, 1.165) is 52.0 Å². The summed E-state index contributed by atoms with van der Waals surface area (Å²) in [6.45, 7) is 6.61. The van der Waals surface area contributed by atoms with Crippen LogP contribution in [0.5, 0.6) is 0 Å². The molecule has 0 saturated heterocycles. The molecule has 0 bridgehead atoms. The third kappa shape index (κ3) is 3.00. The fourth-order valence-corrected chi connectivity index (χ4v) is 3.52. The van der Waals surface area contributed by atoms with Gasteiger partial charge in [-0.25, -0.2) is 9.37 Å². The fourth-order valence-electron chi connectivity index (χ4n) is 3.52. The first-order valence-corrected chi connectivity index (χ1v) is 8.52. The Hall–Kier alpha value is -2.40. The molecule has 25 heavy (non-hydrogen) atoms. The molecule has 3 rings (SSSR count). The molecule has 0 radical (unpaired) electrons. The van der Waals surface area contributed by atoms with E-state index in [1.54, 1.807) is 7.11 Å². The molecule has 0 aliphatic rings. The van der Waals surface area contributed by atoms with Crippen LogP contribution in [0.2, 0.25) is 0 Å². The van der Waals surface area contributed by atoms with Gasteiger partial charge in [-0.05, 0) is 49.6 Å². The van der Waals surface area contributed by atoms with Gasteiger partial charge in [-0.3, -0.25) is 0 Å². The number of aromatic amines is 1. The number of pyridine rings is 1. The number of nitrogens with two attached hydrogens (primary N) is 1. The van der Waals surface area contributed by atoms with Crippen molar-refractivity contribution in [1.82, 2.24) is 9.97 Å². The molecule has 3 N–H and O–H groups in total. The van der Waals surface area contributed by atoms with Crippen LogP contribution in [-0.4, -0.2) is 23.7 Å². The van der Waals surface area contributed by atoms with E-state index >= 15 is 0 Å². The van der Waals surface area contributed by atoms with Crippen molar-refractivity contribution in [3.8, 4) is 11.1 Å². The molecule has 0 spiro atoms. The molecular formula is C20H24FN3O. The van der Waals surface area contributed by atoms with Crippen LogP contribution >= 0.6 is 0 Å². The summed E-state index contributed by atoms with van der Waals surface area (Å²) < 4.78 is 19.7. The van der Waals surface area contributed by atoms with Gasteiger partial charge in [-0.1, -0.05) is 6.92 Å². The van der Waals surface area contributed by atoms with Crippen molar-refractivity contribution in [2.24, 2.45) is 0 Å². The monoisotopic (exact) mass is 341 g/mol. The molecule has 0 aliphatic heterocycles. The molecule has 5 heteroatoms. The predicted molar refractivity (Wildman–Crippen MR) is 100 cm³/mol. The van der Waals surface area contributed by atoms with Gasteiger partial charge < -0.3 is 15.5 Å². The van der Waals surface area contributed by atoms with Gasteiger partial charge >= 0.3 is 0 Å². The molecule has 0 atom stereocenters. The number of fused-ring (bicyclic) bond motifs is 1. The summed E-state index contributed by atoms with van der Waals surface area (Å²) in [5.41, 5.74) is 12.6. The van der Waals surface area contributed by atoms with E-state index in [1.165, 1.54) is 6.07 Å². The number of H-pyrrole nitrogens is 1. The number of hydrogen-bond donors (Lipinski definition) is 2. The highest BCUT2D eigenvalue weighted by molar-refractivity contribution is 5.98. The minimum atomic E-state index is -0.213. The molecule has 2 heterocycles. The lowest BCUT2D eigenvalue weighted by Gasteiger charge is -2.13. The number of halogens is 1. The molecule has 0 fully saturated rings. The summed E-state index contributed by atoms with van der Waals surface area (Å²) in [4.78, 5) is 7.91. The summed E-state index contributed by atoms with van der Waals surface area (Å²) in [6, 6.07) is 5.23. The van der Waals surface area contributed by atoms with Crippen molar-refractivity contribution in [2.75, 3.05) is 19.5 Å². The van der Waals surface area contributed by atoms with E-state index in [9.17, 15) is 4.39 Å². The van der Waals surface area contributed by atoms with Crippen LogP contribution in [-0.2, 0) is 17.6 Å². The van der Waals surface area contributed by atoms with Crippen molar-refractivity contribution in [3.63, 3.8) is 0 Å². The van der Waals surface area contributed by atoms with Crippen LogP contribution in [0.15, 0.2) is 18.2 Å². The summed E-state index contributed by atoms with van der Waals surface area (Å²) in [6.07, 6.45) is 1.48. The Balaban J connectivity index is 2.30. The summed E-state index contributed by atoms with van der Waals surface area (Å²) in [7, 11) is 1.67. The van der Waals surface area contributed by atoms with Gasteiger partial charge in [0.15, 0.2) is 0 Å². The number of hydrogen-bond acceptors (Lipinski definition) is 3. The quantitative estimate of drug-likeness (QED) is 0.726. The van der Waals surface area contributed by atoms with Crippen molar-refractivity contribution in [1.29, 1.82) is 0 Å². The third-order valence-corrected chi connectivity index (χ3v) is 4.73. The molecule has 132 valence electrons. The fraction of sp³-hybridized carbons (Fsp3) is 0.350. The van der Waals surface area contributed by atoms with E-state index in [1.807, 2.05) is 26.0 Å². The number of anilines is 1. The summed E-state index contributed by atoms with van der Waals surface area (Å²) in [5, 5.41) is 0.641. The van der Waals surface area contributed by atoms with Crippen molar-refractivity contribution >= 4 is 16.7 Å². The Labute approximate surface area is 147 Å². The number of nitrogens with zero attached hydrogens (tertiary/aromatic N) is 1. The highest BCUT2D eigenvalue weighted by Crippen LogP contribution is 2.36. The van der Waals surface area contributed by atoms with Gasteiger partial charge in [-0.15, -0.1) is 0 Å². The SMILES string of the molecule is CCc1nc(N)cc(C)c1-c1ccc(F)c2c(C)c(CCOC)[nH]c12. The average Bonchev–Trinajstić information content (AvgIpc) is 2.91. The highest BCUT2D eigenvalue weighted by Gasteiger charge is 2.19. The summed E-state index contributed by atoms with van der Waals surface area (Å²) in [5.74, 6) is 0.301.